The van der Waals surface area contributed by atoms with Crippen molar-refractivity contribution in [2.24, 2.45) is 7.05 Å². The van der Waals surface area contributed by atoms with Crippen LogP contribution in [0.15, 0.2) is 18.2 Å². The molecule has 35 heavy (non-hydrogen) atoms. The summed E-state index contributed by atoms with van der Waals surface area (Å²) >= 11 is 0. The Morgan fingerprint density at radius 1 is 1.11 bits per heavy atom. The summed E-state index contributed by atoms with van der Waals surface area (Å²) < 4.78 is 38.7. The van der Waals surface area contributed by atoms with E-state index in [4.69, 9.17) is 0 Å². The van der Waals surface area contributed by atoms with E-state index in [0.717, 1.165) is 0 Å². The number of halogens is 1. The zero-order valence-corrected chi connectivity index (χ0v) is 21.5. The Morgan fingerprint density at radius 3 is 2.29 bits per heavy atom. The molecule has 0 aliphatic heterocycles. The molecule has 0 bridgehead atoms. The average Bonchev–Trinajstić information content (AvgIpc) is 3.04. The molecule has 2 N–H and O–H groups in total. The summed E-state index contributed by atoms with van der Waals surface area (Å²) in [7, 11) is -1.49. The van der Waals surface area contributed by atoms with E-state index in [1.807, 2.05) is 6.92 Å². The number of hydrogen-bond acceptors (Lipinski definition) is 5. The van der Waals surface area contributed by atoms with Gasteiger partial charge in [0.1, 0.15) is 15.7 Å². The molecule has 0 saturated heterocycles. The van der Waals surface area contributed by atoms with Gasteiger partial charge < -0.3 is 15.2 Å². The van der Waals surface area contributed by atoms with E-state index in [2.05, 4.69) is 10.6 Å². The van der Waals surface area contributed by atoms with Crippen molar-refractivity contribution in [2.45, 2.75) is 64.2 Å². The summed E-state index contributed by atoms with van der Waals surface area (Å²) in [5, 5.41) is 5.07. The minimum Gasteiger partial charge on any atom is -0.346 e. The van der Waals surface area contributed by atoms with Gasteiger partial charge in [-0.2, -0.15) is 0 Å². The number of amides is 2. The molecule has 10 heteroatoms. The highest BCUT2D eigenvalue weighted by Crippen LogP contribution is 2.26. The summed E-state index contributed by atoms with van der Waals surface area (Å²) in [6, 6.07) is 3.98. The maximum absolute atomic E-state index is 13.6. The van der Waals surface area contributed by atoms with Gasteiger partial charge in [0.2, 0.25) is 0 Å². The maximum Gasteiger partial charge on any atom is 0.294 e. The van der Waals surface area contributed by atoms with Crippen molar-refractivity contribution in [3.05, 3.63) is 52.1 Å². The third-order valence-corrected chi connectivity index (χ3v) is 8.46. The third kappa shape index (κ3) is 5.63. The van der Waals surface area contributed by atoms with Crippen molar-refractivity contribution in [3.63, 3.8) is 0 Å². The molecule has 8 nitrogen and oxygen atoms in total. The van der Waals surface area contributed by atoms with Gasteiger partial charge in [0.25, 0.3) is 17.6 Å². The van der Waals surface area contributed by atoms with E-state index in [-0.39, 0.29) is 17.6 Å². The van der Waals surface area contributed by atoms with Gasteiger partial charge in [0.05, 0.1) is 16.5 Å². The van der Waals surface area contributed by atoms with Crippen molar-refractivity contribution in [3.8, 4) is 0 Å². The third-order valence-electron chi connectivity index (χ3n) is 6.77. The number of anilines is 1. The van der Waals surface area contributed by atoms with Crippen LogP contribution in [0.25, 0.3) is 0 Å². The zero-order chi connectivity index (χ0) is 26.1. The number of ketones is 1. The number of nitrogens with zero attached hydrogens (tertiary/aromatic N) is 1. The lowest BCUT2D eigenvalue weighted by Gasteiger charge is -2.27. The van der Waals surface area contributed by atoms with Gasteiger partial charge >= 0.3 is 0 Å². The van der Waals surface area contributed by atoms with Crippen LogP contribution in [0.5, 0.6) is 0 Å². The molecule has 190 valence electrons. The van der Waals surface area contributed by atoms with E-state index < -0.39 is 32.7 Å². The molecule has 1 fully saturated rings. The number of aromatic nitrogens is 1. The van der Waals surface area contributed by atoms with Crippen LogP contribution in [0.1, 0.15) is 70.3 Å². The van der Waals surface area contributed by atoms with Crippen LogP contribution in [0, 0.1) is 19.7 Å². The second-order valence-corrected chi connectivity index (χ2v) is 11.6. The molecule has 0 radical (unpaired) electrons. The minimum atomic E-state index is -3.13. The number of carbonyl (C=O) groups is 3. The Kier molecular flexibility index (Phi) is 7.83. The van der Waals surface area contributed by atoms with E-state index in [9.17, 15) is 27.2 Å². The summed E-state index contributed by atoms with van der Waals surface area (Å²) in [5.41, 5.74) is 2.24. The largest absolute Gasteiger partial charge is 0.346 e. The van der Waals surface area contributed by atoms with Gasteiger partial charge in [-0.3, -0.25) is 14.4 Å². The molecular formula is C25H32FN3O5S. The first-order chi connectivity index (χ1) is 16.3. The number of sulfone groups is 1. The number of rotatable bonds is 7. The molecule has 1 aromatic carbocycles. The van der Waals surface area contributed by atoms with Crippen LogP contribution in [0.2, 0.25) is 0 Å². The lowest BCUT2D eigenvalue weighted by molar-refractivity contribution is -0.117. The van der Waals surface area contributed by atoms with Gasteiger partial charge in [-0.25, -0.2) is 12.8 Å². The predicted molar refractivity (Wildman–Crippen MR) is 132 cm³/mol. The number of Topliss-reactive ketones (excluding diaryl/α,β-unsaturated/α-hetero) is 1. The van der Waals surface area contributed by atoms with E-state index in [1.165, 1.54) is 24.5 Å². The number of aryl methyl sites for hydroxylation is 1. The molecule has 2 aromatic rings. The van der Waals surface area contributed by atoms with Gasteiger partial charge in [-0.05, 0) is 75.3 Å². The Labute approximate surface area is 205 Å². The van der Waals surface area contributed by atoms with Crippen LogP contribution in [0.3, 0.4) is 0 Å². The van der Waals surface area contributed by atoms with Crippen molar-refractivity contribution in [1.82, 2.24) is 9.88 Å². The van der Waals surface area contributed by atoms with Crippen LogP contribution >= 0.6 is 0 Å². The first-order valence-electron chi connectivity index (χ1n) is 11.6. The van der Waals surface area contributed by atoms with Crippen molar-refractivity contribution < 1.29 is 27.2 Å². The van der Waals surface area contributed by atoms with Crippen molar-refractivity contribution in [2.75, 3.05) is 11.6 Å². The standard InChI is InChI=1S/C25H32FN3O5S/c1-6-20-21(24(31)28-17-9-12-19(26)14(2)13-17)15(3)22(29(20)4)23(30)25(32)27-16-7-10-18(11-8-16)35(5,33)34/h9,12-13,16,18H,6-8,10-11H2,1-5H3,(H,27,32)(H,28,31)/t16-,18+. The Balaban J connectivity index is 1.79. The van der Waals surface area contributed by atoms with Gasteiger partial charge in [-0.15, -0.1) is 0 Å². The topological polar surface area (TPSA) is 114 Å². The van der Waals surface area contributed by atoms with Gasteiger partial charge in [0.15, 0.2) is 0 Å². The maximum atomic E-state index is 13.6. The second-order valence-electron chi connectivity index (χ2n) is 9.23. The monoisotopic (exact) mass is 505 g/mol. The SMILES string of the molecule is CCc1c(C(=O)Nc2ccc(F)c(C)c2)c(C)c(C(=O)C(=O)N[C@H]2CC[C@@H](S(C)(=O)=O)CC2)n1C. The van der Waals surface area contributed by atoms with Crippen LogP contribution in [-0.2, 0) is 28.1 Å². The summed E-state index contributed by atoms with van der Waals surface area (Å²) in [6.45, 7) is 5.07. The van der Waals surface area contributed by atoms with Crippen LogP contribution in [-0.4, -0.2) is 48.1 Å². The smallest absolute Gasteiger partial charge is 0.294 e. The fourth-order valence-electron chi connectivity index (χ4n) is 4.84. The first-order valence-corrected chi connectivity index (χ1v) is 13.6. The van der Waals surface area contributed by atoms with E-state index in [0.29, 0.717) is 60.2 Å². The Hall–Kier alpha value is -3.01. The lowest BCUT2D eigenvalue weighted by Crippen LogP contribution is -2.43. The van der Waals surface area contributed by atoms with Crippen molar-refractivity contribution in [1.29, 1.82) is 0 Å². The second kappa shape index (κ2) is 10.3. The van der Waals surface area contributed by atoms with Gasteiger partial charge in [0, 0.05) is 30.7 Å². The summed E-state index contributed by atoms with van der Waals surface area (Å²) in [5.74, 6) is -2.35. The van der Waals surface area contributed by atoms with E-state index in [1.54, 1.807) is 25.5 Å². The number of hydrogen-bond donors (Lipinski definition) is 2. The number of nitrogens with one attached hydrogen (secondary N) is 2. The highest BCUT2D eigenvalue weighted by atomic mass is 32.2. The molecule has 0 spiro atoms. The quantitative estimate of drug-likeness (QED) is 0.443. The highest BCUT2D eigenvalue weighted by Gasteiger charge is 2.33. The molecule has 0 unspecified atom stereocenters. The molecule has 1 aromatic heterocycles. The normalized spacial score (nSPS) is 18.2. The highest BCUT2D eigenvalue weighted by molar-refractivity contribution is 7.91. The van der Waals surface area contributed by atoms with Crippen molar-refractivity contribution >= 4 is 33.1 Å². The number of carbonyl (C=O) groups excluding carboxylic acids is 3. The molecule has 3 rings (SSSR count). The van der Waals surface area contributed by atoms with Crippen LogP contribution < -0.4 is 10.6 Å². The lowest BCUT2D eigenvalue weighted by atomic mass is 9.94. The van der Waals surface area contributed by atoms with Crippen LogP contribution in [0.4, 0.5) is 10.1 Å². The zero-order valence-electron chi connectivity index (χ0n) is 20.7. The molecular weight excluding hydrogens is 473 g/mol. The Morgan fingerprint density at radius 2 is 1.74 bits per heavy atom. The first kappa shape index (κ1) is 26.6. The molecule has 2 amide bonds. The Bertz CT molecular complexity index is 1270. The molecule has 0 atom stereocenters. The minimum absolute atomic E-state index is 0.129. The van der Waals surface area contributed by atoms with Gasteiger partial charge in [-0.1, -0.05) is 6.92 Å². The fourth-order valence-corrected chi connectivity index (χ4v) is 5.97. The predicted octanol–water partition coefficient (Wildman–Crippen LogP) is 3.25. The molecule has 1 aliphatic carbocycles. The number of benzene rings is 1. The summed E-state index contributed by atoms with van der Waals surface area (Å²) in [4.78, 5) is 39.0. The van der Waals surface area contributed by atoms with E-state index >= 15 is 0 Å². The molecule has 1 heterocycles. The fraction of sp³-hybridized carbons (Fsp3) is 0.480. The average molecular weight is 506 g/mol. The molecule has 1 aliphatic rings. The molecule has 1 saturated carbocycles. The summed E-state index contributed by atoms with van der Waals surface area (Å²) in [6.07, 6.45) is 3.51.